The zero-order valence-corrected chi connectivity index (χ0v) is 16.6. The third kappa shape index (κ3) is 4.35. The molecule has 0 saturated carbocycles. The number of aryl methyl sites for hydroxylation is 2. The number of benzene rings is 2. The molecule has 0 atom stereocenters. The fourth-order valence-corrected chi connectivity index (χ4v) is 3.43. The smallest absolute Gasteiger partial charge is 0.126 e. The van der Waals surface area contributed by atoms with Gasteiger partial charge in [-0.15, -0.1) is 0 Å². The molecule has 0 aliphatic carbocycles. The number of hydrogen-bond acceptors (Lipinski definition) is 3. The lowest BCUT2D eigenvalue weighted by Gasteiger charge is -2.13. The summed E-state index contributed by atoms with van der Waals surface area (Å²) in [5.41, 5.74) is 7.13. The average Bonchev–Trinajstić information content (AvgIpc) is 2.74. The van der Waals surface area contributed by atoms with E-state index in [4.69, 9.17) is 4.98 Å². The molecule has 0 spiro atoms. The van der Waals surface area contributed by atoms with Crippen LogP contribution in [0.25, 0.3) is 17.2 Å². The summed E-state index contributed by atoms with van der Waals surface area (Å²) in [6.45, 7) is 8.08. The molecule has 0 aliphatic heterocycles. The molecule has 3 aromatic rings. The minimum Gasteiger partial charge on any atom is -0.238 e. The van der Waals surface area contributed by atoms with Crippen molar-refractivity contribution in [3.8, 4) is 17.2 Å². The molecular formula is C25H25N3. The van der Waals surface area contributed by atoms with Crippen molar-refractivity contribution < 1.29 is 0 Å². The van der Waals surface area contributed by atoms with Crippen LogP contribution >= 0.6 is 0 Å². The molecule has 3 nitrogen and oxygen atoms in total. The second-order valence-electron chi connectivity index (χ2n) is 6.92. The molecule has 3 heteroatoms. The largest absolute Gasteiger partial charge is 0.238 e. The third-order valence-corrected chi connectivity index (χ3v) is 4.89. The minimum absolute atomic E-state index is 0.693. The van der Waals surface area contributed by atoms with Crippen LogP contribution in [-0.2, 0) is 12.8 Å². The van der Waals surface area contributed by atoms with Gasteiger partial charge in [0.2, 0.25) is 0 Å². The molecule has 0 fully saturated rings. The van der Waals surface area contributed by atoms with Gasteiger partial charge in [-0.3, -0.25) is 0 Å². The van der Waals surface area contributed by atoms with Gasteiger partial charge in [0, 0.05) is 17.7 Å². The lowest BCUT2D eigenvalue weighted by atomic mass is 9.95. The lowest BCUT2D eigenvalue weighted by molar-refractivity contribution is 0.756. The van der Waals surface area contributed by atoms with Crippen LogP contribution in [0.1, 0.15) is 53.7 Å². The van der Waals surface area contributed by atoms with E-state index in [1.807, 2.05) is 37.3 Å². The maximum Gasteiger partial charge on any atom is 0.126 e. The molecule has 0 bridgehead atoms. The number of aromatic nitrogens is 2. The van der Waals surface area contributed by atoms with Crippen LogP contribution in [0.5, 0.6) is 0 Å². The minimum atomic E-state index is 0.693. The molecular weight excluding hydrogens is 342 g/mol. The number of nitriles is 1. The maximum absolute atomic E-state index is 9.34. The Hall–Kier alpha value is -3.25. The third-order valence-electron chi connectivity index (χ3n) is 4.89. The summed E-state index contributed by atoms with van der Waals surface area (Å²) in [7, 11) is 0. The molecule has 0 saturated heterocycles. The first kappa shape index (κ1) is 19.5. The first-order valence-corrected chi connectivity index (χ1v) is 9.73. The molecule has 28 heavy (non-hydrogen) atoms. The highest BCUT2D eigenvalue weighted by Crippen LogP contribution is 2.25. The topological polar surface area (TPSA) is 49.6 Å². The van der Waals surface area contributed by atoms with Gasteiger partial charge in [-0.05, 0) is 48.6 Å². The van der Waals surface area contributed by atoms with Crippen molar-refractivity contribution in [1.29, 1.82) is 5.26 Å². The van der Waals surface area contributed by atoms with E-state index in [9.17, 15) is 5.26 Å². The molecule has 140 valence electrons. The zero-order valence-electron chi connectivity index (χ0n) is 16.6. The Morgan fingerprint density at radius 1 is 1.07 bits per heavy atom. The van der Waals surface area contributed by atoms with Crippen molar-refractivity contribution in [3.63, 3.8) is 0 Å². The number of rotatable bonds is 7. The molecule has 1 heterocycles. The van der Waals surface area contributed by atoms with E-state index < -0.39 is 0 Å². The van der Waals surface area contributed by atoms with E-state index in [0.717, 1.165) is 54.0 Å². The molecule has 2 aromatic carbocycles. The van der Waals surface area contributed by atoms with Gasteiger partial charge in [0.15, 0.2) is 0 Å². The molecule has 0 radical (unpaired) electrons. The average molecular weight is 367 g/mol. The van der Waals surface area contributed by atoms with E-state index in [-0.39, 0.29) is 0 Å². The second-order valence-corrected chi connectivity index (χ2v) is 6.92. The van der Waals surface area contributed by atoms with E-state index in [0.29, 0.717) is 5.56 Å². The fourth-order valence-electron chi connectivity index (χ4n) is 3.43. The Labute approximate surface area is 167 Å². The van der Waals surface area contributed by atoms with Crippen LogP contribution in [-0.4, -0.2) is 9.97 Å². The van der Waals surface area contributed by atoms with Crippen molar-refractivity contribution in [3.05, 3.63) is 89.0 Å². The SMILES string of the molecule is C=Cc1nc(C)nc(CCCC)c1Cc1ccc(-c2ccccc2C#N)cc1. The van der Waals surface area contributed by atoms with Gasteiger partial charge in [0.05, 0.1) is 17.3 Å². The molecule has 0 N–H and O–H groups in total. The van der Waals surface area contributed by atoms with Crippen molar-refractivity contribution in [2.24, 2.45) is 0 Å². The normalized spacial score (nSPS) is 10.5. The summed E-state index contributed by atoms with van der Waals surface area (Å²) < 4.78 is 0. The number of nitrogens with zero attached hydrogens (tertiary/aromatic N) is 3. The molecule has 0 amide bonds. The summed E-state index contributed by atoms with van der Waals surface area (Å²) in [6.07, 6.45) is 5.82. The maximum atomic E-state index is 9.34. The van der Waals surface area contributed by atoms with Crippen LogP contribution in [0, 0.1) is 18.3 Å². The Kier molecular flexibility index (Phi) is 6.34. The number of hydrogen-bond donors (Lipinski definition) is 0. The van der Waals surface area contributed by atoms with Gasteiger partial charge in [0.25, 0.3) is 0 Å². The summed E-state index contributed by atoms with van der Waals surface area (Å²) >= 11 is 0. The zero-order chi connectivity index (χ0) is 19.9. The van der Waals surface area contributed by atoms with Gasteiger partial charge in [-0.25, -0.2) is 9.97 Å². The van der Waals surface area contributed by atoms with Crippen LogP contribution in [0.2, 0.25) is 0 Å². The molecule has 0 aliphatic rings. The van der Waals surface area contributed by atoms with Crippen molar-refractivity contribution in [2.45, 2.75) is 39.5 Å². The van der Waals surface area contributed by atoms with Crippen LogP contribution in [0.4, 0.5) is 0 Å². The predicted octanol–water partition coefficient (Wildman–Crippen LogP) is 5.90. The summed E-state index contributed by atoms with van der Waals surface area (Å²) in [4.78, 5) is 9.29. The fraction of sp³-hybridized carbons (Fsp3) is 0.240. The Balaban J connectivity index is 1.92. The van der Waals surface area contributed by atoms with Gasteiger partial charge >= 0.3 is 0 Å². The Morgan fingerprint density at radius 2 is 1.82 bits per heavy atom. The first-order valence-electron chi connectivity index (χ1n) is 9.73. The quantitative estimate of drug-likeness (QED) is 0.522. The standard InChI is InChI=1S/C25H25N3/c1-4-6-11-25-23(24(5-2)27-18(3)28-25)16-19-12-14-20(15-13-19)22-10-8-7-9-21(22)17-26/h5,7-10,12-15H,2,4,6,11,16H2,1,3H3. The summed E-state index contributed by atoms with van der Waals surface area (Å²) in [6, 6.07) is 18.4. The monoisotopic (exact) mass is 367 g/mol. The lowest BCUT2D eigenvalue weighted by Crippen LogP contribution is -2.07. The highest BCUT2D eigenvalue weighted by Gasteiger charge is 2.12. The summed E-state index contributed by atoms with van der Waals surface area (Å²) in [5, 5.41) is 9.34. The molecule has 1 aromatic heterocycles. The van der Waals surface area contributed by atoms with Crippen molar-refractivity contribution in [2.75, 3.05) is 0 Å². The Morgan fingerprint density at radius 3 is 2.50 bits per heavy atom. The van der Waals surface area contributed by atoms with E-state index in [1.54, 1.807) is 0 Å². The van der Waals surface area contributed by atoms with Gasteiger partial charge < -0.3 is 0 Å². The van der Waals surface area contributed by atoms with Crippen molar-refractivity contribution in [1.82, 2.24) is 9.97 Å². The van der Waals surface area contributed by atoms with E-state index >= 15 is 0 Å². The second kappa shape index (κ2) is 9.10. The van der Waals surface area contributed by atoms with Gasteiger partial charge in [0.1, 0.15) is 5.82 Å². The first-order chi connectivity index (χ1) is 13.7. The van der Waals surface area contributed by atoms with Crippen molar-refractivity contribution >= 4 is 6.08 Å². The summed E-state index contributed by atoms with van der Waals surface area (Å²) in [5.74, 6) is 0.799. The van der Waals surface area contributed by atoms with E-state index in [1.165, 1.54) is 11.1 Å². The molecule has 3 rings (SSSR count). The molecule has 0 unspecified atom stereocenters. The van der Waals surface area contributed by atoms with Crippen LogP contribution in [0.3, 0.4) is 0 Å². The van der Waals surface area contributed by atoms with Crippen LogP contribution < -0.4 is 0 Å². The number of unbranched alkanes of at least 4 members (excludes halogenated alkanes) is 1. The van der Waals surface area contributed by atoms with Crippen LogP contribution in [0.15, 0.2) is 55.1 Å². The van der Waals surface area contributed by atoms with Gasteiger partial charge in [-0.2, -0.15) is 5.26 Å². The highest BCUT2D eigenvalue weighted by molar-refractivity contribution is 5.70. The van der Waals surface area contributed by atoms with E-state index in [2.05, 4.69) is 48.8 Å². The highest BCUT2D eigenvalue weighted by atomic mass is 14.9. The predicted molar refractivity (Wildman–Crippen MR) is 115 cm³/mol. The Bertz CT molecular complexity index is 1010. The van der Waals surface area contributed by atoms with Gasteiger partial charge in [-0.1, -0.05) is 62.4 Å².